The highest BCUT2D eigenvalue weighted by atomic mass is 19.1. The van der Waals surface area contributed by atoms with Crippen molar-refractivity contribution in [3.05, 3.63) is 11.4 Å². The van der Waals surface area contributed by atoms with Crippen molar-refractivity contribution in [2.75, 3.05) is 13.6 Å². The van der Waals surface area contributed by atoms with Crippen molar-refractivity contribution < 1.29 is 9.18 Å². The zero-order valence-electron chi connectivity index (χ0n) is 6.15. The van der Waals surface area contributed by atoms with Crippen LogP contribution in [0, 0.1) is 0 Å². The monoisotopic (exact) mass is 143 g/mol. The fourth-order valence-electron chi connectivity index (χ4n) is 0.897. The SMILES string of the molecule is CC1=C(F)C(=O)N(C)CC1. The molecule has 0 aromatic heterocycles. The lowest BCUT2D eigenvalue weighted by molar-refractivity contribution is -0.128. The normalized spacial score (nSPS) is 20.3. The van der Waals surface area contributed by atoms with Gasteiger partial charge >= 0.3 is 0 Å². The summed E-state index contributed by atoms with van der Waals surface area (Å²) in [4.78, 5) is 12.2. The highest BCUT2D eigenvalue weighted by molar-refractivity contribution is 5.92. The van der Waals surface area contributed by atoms with E-state index in [2.05, 4.69) is 0 Å². The Hall–Kier alpha value is -0.860. The first-order valence-corrected chi connectivity index (χ1v) is 3.23. The third-order valence-electron chi connectivity index (χ3n) is 1.73. The van der Waals surface area contributed by atoms with Crippen LogP contribution in [0.5, 0.6) is 0 Å². The van der Waals surface area contributed by atoms with Crippen molar-refractivity contribution in [2.45, 2.75) is 13.3 Å². The average Bonchev–Trinajstić information content (AvgIpc) is 1.93. The smallest absolute Gasteiger partial charge is 0.282 e. The summed E-state index contributed by atoms with van der Waals surface area (Å²) in [6, 6.07) is 0. The molecule has 1 aliphatic heterocycles. The van der Waals surface area contributed by atoms with Gasteiger partial charge in [0, 0.05) is 13.6 Å². The van der Waals surface area contributed by atoms with Gasteiger partial charge in [0.25, 0.3) is 5.91 Å². The molecule has 1 heterocycles. The van der Waals surface area contributed by atoms with Gasteiger partial charge in [0.2, 0.25) is 0 Å². The van der Waals surface area contributed by atoms with E-state index in [1.807, 2.05) is 0 Å². The Balaban J connectivity index is 2.88. The fraction of sp³-hybridized carbons (Fsp3) is 0.571. The van der Waals surface area contributed by atoms with E-state index in [4.69, 9.17) is 0 Å². The maximum Gasteiger partial charge on any atom is 0.282 e. The second-order valence-corrected chi connectivity index (χ2v) is 2.57. The van der Waals surface area contributed by atoms with Crippen LogP contribution in [0.1, 0.15) is 13.3 Å². The average molecular weight is 143 g/mol. The molecule has 0 bridgehead atoms. The second-order valence-electron chi connectivity index (χ2n) is 2.57. The molecule has 0 saturated carbocycles. The van der Waals surface area contributed by atoms with Crippen LogP contribution in [0.2, 0.25) is 0 Å². The van der Waals surface area contributed by atoms with Crippen LogP contribution in [0.15, 0.2) is 11.4 Å². The van der Waals surface area contributed by atoms with E-state index >= 15 is 0 Å². The fourth-order valence-corrected chi connectivity index (χ4v) is 0.897. The summed E-state index contributed by atoms with van der Waals surface area (Å²) in [5.41, 5.74) is 0.572. The minimum Gasteiger partial charge on any atom is -0.339 e. The first kappa shape index (κ1) is 7.25. The number of halogens is 1. The molecule has 3 heteroatoms. The predicted octanol–water partition coefficient (Wildman–Crippen LogP) is 1.09. The number of carbonyl (C=O) groups excluding carboxylic acids is 1. The summed E-state index contributed by atoms with van der Waals surface area (Å²) in [6.07, 6.45) is 0.661. The van der Waals surface area contributed by atoms with Gasteiger partial charge in [0.15, 0.2) is 5.83 Å². The highest BCUT2D eigenvalue weighted by Gasteiger charge is 2.21. The Morgan fingerprint density at radius 3 is 2.70 bits per heavy atom. The van der Waals surface area contributed by atoms with Gasteiger partial charge < -0.3 is 4.90 Å². The van der Waals surface area contributed by atoms with Gasteiger partial charge in [-0.15, -0.1) is 0 Å². The molecule has 1 amide bonds. The summed E-state index contributed by atoms with van der Waals surface area (Å²) < 4.78 is 12.7. The summed E-state index contributed by atoms with van der Waals surface area (Å²) >= 11 is 0. The molecule has 0 N–H and O–H groups in total. The first-order chi connectivity index (χ1) is 4.63. The zero-order valence-corrected chi connectivity index (χ0v) is 6.15. The molecular formula is C7H10FNO. The molecule has 0 atom stereocenters. The van der Waals surface area contributed by atoms with Gasteiger partial charge in [0.05, 0.1) is 0 Å². The lowest BCUT2D eigenvalue weighted by atomic mass is 10.1. The third-order valence-corrected chi connectivity index (χ3v) is 1.73. The largest absolute Gasteiger partial charge is 0.339 e. The Bertz CT molecular complexity index is 198. The van der Waals surface area contributed by atoms with Crippen molar-refractivity contribution in [2.24, 2.45) is 0 Å². The van der Waals surface area contributed by atoms with E-state index in [1.54, 1.807) is 14.0 Å². The molecule has 0 saturated heterocycles. The van der Waals surface area contributed by atoms with Crippen LogP contribution in [-0.2, 0) is 4.79 Å². The standard InChI is InChI=1S/C7H10FNO/c1-5-3-4-9(2)7(10)6(5)8/h3-4H2,1-2H3. The summed E-state index contributed by atoms with van der Waals surface area (Å²) in [5.74, 6) is -1.06. The number of amides is 1. The summed E-state index contributed by atoms with van der Waals surface area (Å²) in [7, 11) is 1.61. The van der Waals surface area contributed by atoms with E-state index < -0.39 is 11.7 Å². The minimum atomic E-state index is -0.575. The van der Waals surface area contributed by atoms with Crippen molar-refractivity contribution in [1.82, 2.24) is 4.90 Å². The number of hydrogen-bond donors (Lipinski definition) is 0. The number of carbonyl (C=O) groups is 1. The van der Waals surface area contributed by atoms with E-state index in [0.717, 1.165) is 0 Å². The first-order valence-electron chi connectivity index (χ1n) is 3.23. The molecule has 0 spiro atoms. The summed E-state index contributed by atoms with van der Waals surface area (Å²) in [5, 5.41) is 0. The van der Waals surface area contributed by atoms with Gasteiger partial charge in [-0.25, -0.2) is 4.39 Å². The van der Waals surface area contributed by atoms with E-state index in [-0.39, 0.29) is 0 Å². The molecular weight excluding hydrogens is 133 g/mol. The predicted molar refractivity (Wildman–Crippen MR) is 36.1 cm³/mol. The van der Waals surface area contributed by atoms with E-state index in [9.17, 15) is 9.18 Å². The maximum absolute atomic E-state index is 12.7. The number of nitrogens with zero attached hydrogens (tertiary/aromatic N) is 1. The lowest BCUT2D eigenvalue weighted by Crippen LogP contribution is -2.32. The van der Waals surface area contributed by atoms with E-state index in [0.29, 0.717) is 18.5 Å². The molecule has 0 unspecified atom stereocenters. The third kappa shape index (κ3) is 1.03. The Morgan fingerprint density at radius 2 is 2.20 bits per heavy atom. The second kappa shape index (κ2) is 2.40. The molecule has 0 aromatic rings. The topological polar surface area (TPSA) is 20.3 Å². The van der Waals surface area contributed by atoms with Gasteiger partial charge in [-0.1, -0.05) is 0 Å². The van der Waals surface area contributed by atoms with Crippen LogP contribution in [-0.4, -0.2) is 24.4 Å². The van der Waals surface area contributed by atoms with Gasteiger partial charge in [-0.2, -0.15) is 0 Å². The Morgan fingerprint density at radius 1 is 1.60 bits per heavy atom. The Labute approximate surface area is 59.3 Å². The maximum atomic E-state index is 12.7. The highest BCUT2D eigenvalue weighted by Crippen LogP contribution is 2.17. The Kier molecular flexibility index (Phi) is 1.74. The van der Waals surface area contributed by atoms with Gasteiger partial charge in [0.1, 0.15) is 0 Å². The molecule has 1 aliphatic rings. The number of likely N-dealkylation sites (N-methyl/N-ethyl adjacent to an activating group) is 1. The van der Waals surface area contributed by atoms with Crippen LogP contribution in [0.3, 0.4) is 0 Å². The van der Waals surface area contributed by atoms with Crippen LogP contribution >= 0.6 is 0 Å². The zero-order chi connectivity index (χ0) is 7.72. The molecule has 2 nitrogen and oxygen atoms in total. The van der Waals surface area contributed by atoms with Crippen molar-refractivity contribution in [3.8, 4) is 0 Å². The molecule has 56 valence electrons. The lowest BCUT2D eigenvalue weighted by Gasteiger charge is -2.21. The van der Waals surface area contributed by atoms with Gasteiger partial charge in [-0.05, 0) is 18.9 Å². The van der Waals surface area contributed by atoms with Gasteiger partial charge in [-0.3, -0.25) is 4.79 Å². The minimum absolute atomic E-state index is 0.483. The molecule has 10 heavy (non-hydrogen) atoms. The molecule has 1 rings (SSSR count). The molecule has 0 radical (unpaired) electrons. The van der Waals surface area contributed by atoms with Crippen molar-refractivity contribution >= 4 is 5.91 Å². The number of rotatable bonds is 0. The van der Waals surface area contributed by atoms with Crippen molar-refractivity contribution in [1.29, 1.82) is 0 Å². The van der Waals surface area contributed by atoms with Crippen LogP contribution in [0.25, 0.3) is 0 Å². The van der Waals surface area contributed by atoms with E-state index in [1.165, 1.54) is 4.90 Å². The number of hydrogen-bond acceptors (Lipinski definition) is 1. The quantitative estimate of drug-likeness (QED) is 0.497. The molecule has 0 aromatic carbocycles. The van der Waals surface area contributed by atoms with Crippen LogP contribution in [0.4, 0.5) is 4.39 Å². The van der Waals surface area contributed by atoms with Crippen molar-refractivity contribution in [3.63, 3.8) is 0 Å². The molecule has 0 aliphatic carbocycles. The molecule has 0 fully saturated rings. The summed E-state index contributed by atoms with van der Waals surface area (Å²) in [6.45, 7) is 2.29. The van der Waals surface area contributed by atoms with Crippen LogP contribution < -0.4 is 0 Å².